The van der Waals surface area contributed by atoms with Crippen molar-refractivity contribution in [1.29, 1.82) is 0 Å². The largest absolute Gasteiger partial charge is 0.361 e. The Balaban J connectivity index is 1.34. The van der Waals surface area contributed by atoms with Crippen molar-refractivity contribution in [3.8, 4) is 0 Å². The Morgan fingerprint density at radius 1 is 1.00 bits per heavy atom. The molecule has 0 spiro atoms. The summed E-state index contributed by atoms with van der Waals surface area (Å²) in [7, 11) is 0. The second-order valence-electron chi connectivity index (χ2n) is 6.51. The van der Waals surface area contributed by atoms with E-state index in [4.69, 9.17) is 0 Å². The van der Waals surface area contributed by atoms with Crippen molar-refractivity contribution in [3.05, 3.63) is 71.2 Å². The minimum absolute atomic E-state index is 0.254. The van der Waals surface area contributed by atoms with E-state index in [1.807, 2.05) is 30.5 Å². The Hall–Kier alpha value is -3.35. The molecule has 4 N–H and O–H groups in total. The molecule has 0 aliphatic rings. The molecular weight excluding hydrogens is 359 g/mol. The number of amides is 3. The Kier molecular flexibility index (Phi) is 6.26. The lowest BCUT2D eigenvalue weighted by Crippen LogP contribution is -2.40. The highest BCUT2D eigenvalue weighted by molar-refractivity contribution is 5.94. The molecule has 0 bridgehead atoms. The number of para-hydroxylation sites is 1. The molecule has 0 aliphatic heterocycles. The second-order valence-corrected chi connectivity index (χ2v) is 6.51. The Labute approximate surface area is 162 Å². The predicted molar refractivity (Wildman–Crippen MR) is 107 cm³/mol. The standard InChI is InChI=1S/C21H23FN4O2/c1-14-6-7-15(12-18(14)22)20(27)23-10-11-25-21(28)24-9-8-16-13-26-19-5-3-2-4-17(16)19/h2-7,12-13,26H,8-11H2,1H3,(H,23,27)(H2,24,25,28). The summed E-state index contributed by atoms with van der Waals surface area (Å²) >= 11 is 0. The SMILES string of the molecule is Cc1ccc(C(=O)NCCNC(=O)NCCc2c[nH]c3ccccc23)cc1F. The van der Waals surface area contributed by atoms with Crippen LogP contribution in [-0.4, -0.2) is 36.6 Å². The van der Waals surface area contributed by atoms with Gasteiger partial charge in [-0.2, -0.15) is 0 Å². The summed E-state index contributed by atoms with van der Waals surface area (Å²) < 4.78 is 13.5. The van der Waals surface area contributed by atoms with Crippen LogP contribution < -0.4 is 16.0 Å². The number of rotatable bonds is 7. The van der Waals surface area contributed by atoms with Crippen molar-refractivity contribution < 1.29 is 14.0 Å². The van der Waals surface area contributed by atoms with E-state index < -0.39 is 5.82 Å². The number of benzene rings is 2. The van der Waals surface area contributed by atoms with Crippen LogP contribution in [0.3, 0.4) is 0 Å². The molecule has 28 heavy (non-hydrogen) atoms. The first kappa shape index (κ1) is 19.4. The van der Waals surface area contributed by atoms with Crippen molar-refractivity contribution in [2.24, 2.45) is 0 Å². The van der Waals surface area contributed by atoms with Gasteiger partial charge in [-0.15, -0.1) is 0 Å². The molecule has 3 rings (SSSR count). The average Bonchev–Trinajstić information content (AvgIpc) is 3.10. The molecule has 2 aromatic carbocycles. The maximum atomic E-state index is 13.5. The minimum Gasteiger partial charge on any atom is -0.361 e. The number of carbonyl (C=O) groups excluding carboxylic acids is 2. The highest BCUT2D eigenvalue weighted by Gasteiger charge is 2.08. The summed E-state index contributed by atoms with van der Waals surface area (Å²) in [5, 5.41) is 9.27. The molecule has 0 radical (unpaired) electrons. The molecule has 146 valence electrons. The van der Waals surface area contributed by atoms with Crippen molar-refractivity contribution in [1.82, 2.24) is 20.9 Å². The zero-order valence-corrected chi connectivity index (χ0v) is 15.6. The summed E-state index contributed by atoms with van der Waals surface area (Å²) in [6.45, 7) is 2.67. The molecule has 1 aromatic heterocycles. The number of aromatic nitrogens is 1. The van der Waals surface area contributed by atoms with Gasteiger partial charge in [0.1, 0.15) is 5.82 Å². The van der Waals surface area contributed by atoms with E-state index in [1.165, 1.54) is 6.07 Å². The molecule has 3 amide bonds. The van der Waals surface area contributed by atoms with Crippen LogP contribution in [0.15, 0.2) is 48.7 Å². The lowest BCUT2D eigenvalue weighted by molar-refractivity contribution is 0.0953. The molecule has 7 heteroatoms. The number of urea groups is 1. The van der Waals surface area contributed by atoms with Crippen molar-refractivity contribution in [2.75, 3.05) is 19.6 Å². The van der Waals surface area contributed by atoms with Crippen molar-refractivity contribution >= 4 is 22.8 Å². The molecule has 0 aliphatic carbocycles. The topological polar surface area (TPSA) is 86.0 Å². The van der Waals surface area contributed by atoms with Gasteiger partial charge in [0.05, 0.1) is 0 Å². The van der Waals surface area contributed by atoms with Gasteiger partial charge >= 0.3 is 6.03 Å². The third kappa shape index (κ3) is 4.88. The predicted octanol–water partition coefficient (Wildman–Crippen LogP) is 2.89. The van der Waals surface area contributed by atoms with Crippen LogP contribution in [-0.2, 0) is 6.42 Å². The fraction of sp³-hybridized carbons (Fsp3) is 0.238. The summed E-state index contributed by atoms with van der Waals surface area (Å²) in [5.41, 5.74) is 2.97. The van der Waals surface area contributed by atoms with Crippen LogP contribution >= 0.6 is 0 Å². The molecule has 0 saturated heterocycles. The van der Waals surface area contributed by atoms with Crippen LogP contribution in [0.25, 0.3) is 10.9 Å². The number of aryl methyl sites for hydroxylation is 1. The van der Waals surface area contributed by atoms with Gasteiger partial charge in [-0.25, -0.2) is 9.18 Å². The highest BCUT2D eigenvalue weighted by atomic mass is 19.1. The van der Waals surface area contributed by atoms with E-state index in [1.54, 1.807) is 19.1 Å². The van der Waals surface area contributed by atoms with Gasteiger partial charge < -0.3 is 20.9 Å². The lowest BCUT2D eigenvalue weighted by atomic mass is 10.1. The number of aromatic amines is 1. The third-order valence-corrected chi connectivity index (χ3v) is 4.48. The maximum absolute atomic E-state index is 13.5. The van der Waals surface area contributed by atoms with Crippen LogP contribution in [0.4, 0.5) is 9.18 Å². The molecule has 1 heterocycles. The van der Waals surface area contributed by atoms with Gasteiger partial charge in [-0.05, 0) is 42.7 Å². The molecule has 0 fully saturated rings. The van der Waals surface area contributed by atoms with E-state index in [-0.39, 0.29) is 30.6 Å². The first-order valence-electron chi connectivity index (χ1n) is 9.15. The summed E-state index contributed by atoms with van der Waals surface area (Å²) in [6, 6.07) is 12.1. The zero-order chi connectivity index (χ0) is 19.9. The quantitative estimate of drug-likeness (QED) is 0.474. The van der Waals surface area contributed by atoms with Crippen molar-refractivity contribution in [3.63, 3.8) is 0 Å². The summed E-state index contributed by atoms with van der Waals surface area (Å²) in [4.78, 5) is 27.0. The smallest absolute Gasteiger partial charge is 0.314 e. The number of carbonyl (C=O) groups is 2. The van der Waals surface area contributed by atoms with E-state index in [2.05, 4.69) is 20.9 Å². The fourth-order valence-corrected chi connectivity index (χ4v) is 2.90. The van der Waals surface area contributed by atoms with Gasteiger partial charge in [-0.1, -0.05) is 24.3 Å². The fourth-order valence-electron chi connectivity index (χ4n) is 2.90. The second kappa shape index (κ2) is 9.03. The molecule has 3 aromatic rings. The number of hydrogen-bond acceptors (Lipinski definition) is 2. The molecule has 6 nitrogen and oxygen atoms in total. The summed E-state index contributed by atoms with van der Waals surface area (Å²) in [5.74, 6) is -0.791. The Morgan fingerprint density at radius 2 is 1.75 bits per heavy atom. The Bertz CT molecular complexity index is 983. The van der Waals surface area contributed by atoms with E-state index in [9.17, 15) is 14.0 Å². The third-order valence-electron chi connectivity index (χ3n) is 4.48. The molecule has 0 atom stereocenters. The maximum Gasteiger partial charge on any atom is 0.314 e. The Morgan fingerprint density at radius 3 is 2.57 bits per heavy atom. The minimum atomic E-state index is -0.416. The van der Waals surface area contributed by atoms with Gasteiger partial charge in [0, 0.05) is 42.3 Å². The number of hydrogen-bond donors (Lipinski definition) is 4. The number of H-pyrrole nitrogens is 1. The average molecular weight is 382 g/mol. The van der Waals surface area contributed by atoms with E-state index in [0.717, 1.165) is 16.5 Å². The number of halogens is 1. The first-order chi connectivity index (χ1) is 13.5. The van der Waals surface area contributed by atoms with Crippen molar-refractivity contribution in [2.45, 2.75) is 13.3 Å². The first-order valence-corrected chi connectivity index (χ1v) is 9.15. The monoisotopic (exact) mass is 382 g/mol. The molecule has 0 unspecified atom stereocenters. The molecular formula is C21H23FN4O2. The number of nitrogens with one attached hydrogen (secondary N) is 4. The summed E-state index contributed by atoms with van der Waals surface area (Å²) in [6.07, 6.45) is 2.67. The van der Waals surface area contributed by atoms with Crippen LogP contribution in [0.2, 0.25) is 0 Å². The zero-order valence-electron chi connectivity index (χ0n) is 15.6. The van der Waals surface area contributed by atoms with E-state index >= 15 is 0 Å². The normalized spacial score (nSPS) is 10.6. The van der Waals surface area contributed by atoms with Gasteiger partial charge in [0.15, 0.2) is 0 Å². The van der Waals surface area contributed by atoms with E-state index in [0.29, 0.717) is 18.5 Å². The van der Waals surface area contributed by atoms with Crippen LogP contribution in [0.1, 0.15) is 21.5 Å². The van der Waals surface area contributed by atoms with Crippen LogP contribution in [0.5, 0.6) is 0 Å². The van der Waals surface area contributed by atoms with Gasteiger partial charge in [0.25, 0.3) is 5.91 Å². The van der Waals surface area contributed by atoms with Gasteiger partial charge in [0.2, 0.25) is 0 Å². The molecule has 0 saturated carbocycles. The lowest BCUT2D eigenvalue weighted by Gasteiger charge is -2.09. The van der Waals surface area contributed by atoms with Crippen LogP contribution in [0, 0.1) is 12.7 Å². The number of fused-ring (bicyclic) bond motifs is 1. The van der Waals surface area contributed by atoms with Gasteiger partial charge in [-0.3, -0.25) is 4.79 Å². The highest BCUT2D eigenvalue weighted by Crippen LogP contribution is 2.17.